The minimum absolute atomic E-state index is 0.0138. The van der Waals surface area contributed by atoms with Gasteiger partial charge in [0.15, 0.2) is 5.75 Å². The van der Waals surface area contributed by atoms with Gasteiger partial charge in [-0.25, -0.2) is 19.0 Å². The predicted octanol–water partition coefficient (Wildman–Crippen LogP) is 8.94. The number of hydrogen-bond donors (Lipinski definition) is 0. The average molecular weight is 848 g/mol. The summed E-state index contributed by atoms with van der Waals surface area (Å²) in [5, 5.41) is 0.400. The van der Waals surface area contributed by atoms with Crippen molar-refractivity contribution in [3.8, 4) is 16.7 Å². The van der Waals surface area contributed by atoms with E-state index in [0.717, 1.165) is 47.4 Å². The van der Waals surface area contributed by atoms with E-state index in [-0.39, 0.29) is 60.5 Å². The van der Waals surface area contributed by atoms with Crippen LogP contribution >= 0.6 is 34.5 Å². The van der Waals surface area contributed by atoms with Crippen LogP contribution in [0.2, 0.25) is 10.0 Å². The van der Waals surface area contributed by atoms with Crippen LogP contribution in [-0.4, -0.2) is 101 Å². The average Bonchev–Trinajstić information content (AvgIpc) is 3.84. The Morgan fingerprint density at radius 2 is 1.61 bits per heavy atom. The summed E-state index contributed by atoms with van der Waals surface area (Å²) in [5.74, 6) is 0.0453. The lowest BCUT2D eigenvalue weighted by Crippen LogP contribution is -2.66. The van der Waals surface area contributed by atoms with E-state index in [4.69, 9.17) is 46.9 Å². The second-order valence-corrected chi connectivity index (χ2v) is 18.1. The predicted molar refractivity (Wildman–Crippen MR) is 216 cm³/mol. The molecule has 57 heavy (non-hydrogen) atoms. The number of nitrogens with zero attached hydrogens (tertiary/aromatic N) is 4. The molecule has 3 aromatic rings. The summed E-state index contributed by atoms with van der Waals surface area (Å²) < 4.78 is 42.6. The summed E-state index contributed by atoms with van der Waals surface area (Å²) in [6.45, 7) is 13.4. The third-order valence-corrected chi connectivity index (χ3v) is 11.2. The number of rotatable bonds is 11. The first kappa shape index (κ1) is 42.3. The number of hydrogen-bond acceptors (Lipinski definition) is 10. The van der Waals surface area contributed by atoms with Crippen LogP contribution in [0.5, 0.6) is 16.7 Å². The molecule has 12 nitrogen and oxygen atoms in total. The van der Waals surface area contributed by atoms with Gasteiger partial charge in [0.05, 0.1) is 34.1 Å². The van der Waals surface area contributed by atoms with Crippen molar-refractivity contribution >= 4 is 58.2 Å². The molecular formula is C41H49Cl2FN4O8S. The Morgan fingerprint density at radius 1 is 0.965 bits per heavy atom. The maximum Gasteiger partial charge on any atom is 0.411 e. The molecule has 2 aliphatic heterocycles. The Hall–Kier alpha value is -4.27. The molecule has 1 saturated carbocycles. The molecule has 2 aromatic carbocycles. The number of methoxy groups -OCH3 is 1. The normalized spacial score (nSPS) is 18.3. The highest BCUT2D eigenvalue weighted by Gasteiger charge is 2.51. The zero-order valence-electron chi connectivity index (χ0n) is 33.4. The van der Waals surface area contributed by atoms with Crippen LogP contribution < -0.4 is 14.2 Å². The summed E-state index contributed by atoms with van der Waals surface area (Å²) >= 11 is 13.5. The van der Waals surface area contributed by atoms with Crippen molar-refractivity contribution in [3.05, 3.63) is 74.0 Å². The minimum Gasteiger partial charge on any atom is -0.496 e. The SMILES string of the molecule is COc1cccc(CN(C(=O)C2=C(c3cnc(OCCOc4c(Cl)cc(F)cc4Cl)s3)CC3CN(C(=O)OC(C)(C)C)C[C@H]2N3C(=O)OC(C)(C)C)C2CC2)c1C. The fraction of sp³-hybridized carbons (Fsp3) is 0.512. The third-order valence-electron chi connectivity index (χ3n) is 9.64. The van der Waals surface area contributed by atoms with Gasteiger partial charge in [0.25, 0.3) is 11.1 Å². The highest BCUT2D eigenvalue weighted by Crippen LogP contribution is 2.44. The molecule has 6 rings (SSSR count). The number of aromatic nitrogens is 1. The molecular weight excluding hydrogens is 798 g/mol. The standard InChI is InChI=1S/C41H49Cl2FN4O8S/c1-23-24(10-9-11-32(23)52-8)20-47(26-12-13-26)36(49)34-28(33-19-45-37(57-33)54-15-14-53-35-29(42)16-25(44)17-30(35)43)18-27-21-46(38(50)55-40(2,3)4)22-31(34)48(27)39(51)56-41(5,6)7/h9-11,16-17,19,26-27,31H,12-15,18,20-22H2,1-8H3/t27?,31-/m1/s1. The Labute approximate surface area is 346 Å². The lowest BCUT2D eigenvalue weighted by atomic mass is 9.83. The molecule has 2 atom stereocenters. The molecule has 0 N–H and O–H groups in total. The topological polar surface area (TPSA) is 120 Å². The Kier molecular flexibility index (Phi) is 12.6. The summed E-state index contributed by atoms with van der Waals surface area (Å²) in [7, 11) is 1.62. The number of halogens is 3. The minimum atomic E-state index is -0.861. The zero-order valence-corrected chi connectivity index (χ0v) is 35.8. The van der Waals surface area contributed by atoms with Gasteiger partial charge in [-0.2, -0.15) is 0 Å². The monoisotopic (exact) mass is 846 g/mol. The van der Waals surface area contributed by atoms with Crippen LogP contribution in [-0.2, 0) is 20.8 Å². The van der Waals surface area contributed by atoms with Crippen molar-refractivity contribution in [2.75, 3.05) is 33.4 Å². The molecule has 3 aliphatic rings. The van der Waals surface area contributed by atoms with Crippen LogP contribution in [0.4, 0.5) is 14.0 Å². The molecule has 0 radical (unpaired) electrons. The number of fused-ring (bicyclic) bond motifs is 2. The number of carbonyl (C=O) groups is 3. The molecule has 1 aromatic heterocycles. The third kappa shape index (κ3) is 10.1. The maximum absolute atomic E-state index is 15.3. The quantitative estimate of drug-likeness (QED) is 0.174. The summed E-state index contributed by atoms with van der Waals surface area (Å²) in [4.78, 5) is 53.4. The van der Waals surface area contributed by atoms with E-state index >= 15 is 4.79 Å². The zero-order chi connectivity index (χ0) is 41.4. The van der Waals surface area contributed by atoms with Crippen LogP contribution in [0.3, 0.4) is 0 Å². The maximum atomic E-state index is 15.3. The second kappa shape index (κ2) is 16.9. The number of benzene rings is 2. The summed E-state index contributed by atoms with van der Waals surface area (Å²) in [6, 6.07) is 6.58. The Morgan fingerprint density at radius 3 is 2.25 bits per heavy atom. The highest BCUT2D eigenvalue weighted by molar-refractivity contribution is 7.14. The van der Waals surface area contributed by atoms with E-state index < -0.39 is 41.3 Å². The van der Waals surface area contributed by atoms with E-state index in [1.807, 2.05) is 30.0 Å². The molecule has 3 heterocycles. The van der Waals surface area contributed by atoms with Gasteiger partial charge in [-0.05, 0) is 103 Å². The largest absolute Gasteiger partial charge is 0.496 e. The molecule has 16 heteroatoms. The molecule has 1 unspecified atom stereocenters. The first-order chi connectivity index (χ1) is 26.8. The number of carbonyl (C=O) groups excluding carboxylic acids is 3. The number of ether oxygens (including phenoxy) is 5. The molecule has 2 bridgehead atoms. The van der Waals surface area contributed by atoms with Gasteiger partial charge in [-0.1, -0.05) is 46.7 Å². The first-order valence-electron chi connectivity index (χ1n) is 18.9. The fourth-order valence-electron chi connectivity index (χ4n) is 7.03. The van der Waals surface area contributed by atoms with Crippen LogP contribution in [0, 0.1) is 12.7 Å². The molecule has 0 spiro atoms. The second-order valence-electron chi connectivity index (χ2n) is 16.3. The van der Waals surface area contributed by atoms with Gasteiger partial charge in [0.1, 0.15) is 36.0 Å². The van der Waals surface area contributed by atoms with E-state index in [1.165, 1.54) is 11.3 Å². The lowest BCUT2D eigenvalue weighted by molar-refractivity contribution is -0.129. The van der Waals surface area contributed by atoms with E-state index in [2.05, 4.69) is 4.98 Å². The van der Waals surface area contributed by atoms with Crippen LogP contribution in [0.1, 0.15) is 76.8 Å². The Balaban J connectivity index is 1.37. The Bertz CT molecular complexity index is 2020. The van der Waals surface area contributed by atoms with Gasteiger partial charge in [0.2, 0.25) is 0 Å². The van der Waals surface area contributed by atoms with E-state index in [0.29, 0.717) is 22.2 Å². The van der Waals surface area contributed by atoms with Crippen molar-refractivity contribution in [1.29, 1.82) is 0 Å². The van der Waals surface area contributed by atoms with Crippen molar-refractivity contribution in [3.63, 3.8) is 0 Å². The van der Waals surface area contributed by atoms with E-state index in [9.17, 15) is 14.0 Å². The molecule has 1 saturated heterocycles. The van der Waals surface area contributed by atoms with Crippen molar-refractivity contribution in [2.24, 2.45) is 0 Å². The number of amides is 3. The van der Waals surface area contributed by atoms with Gasteiger partial charge in [-0.3, -0.25) is 9.69 Å². The number of thiazole rings is 1. The summed E-state index contributed by atoms with van der Waals surface area (Å²) in [5.41, 5.74) is 1.41. The molecule has 1 aliphatic carbocycles. The van der Waals surface area contributed by atoms with Crippen molar-refractivity contribution in [2.45, 2.75) is 104 Å². The van der Waals surface area contributed by atoms with Gasteiger partial charge < -0.3 is 33.5 Å². The smallest absolute Gasteiger partial charge is 0.411 e. The molecule has 2 fully saturated rings. The van der Waals surface area contributed by atoms with Crippen molar-refractivity contribution in [1.82, 2.24) is 19.7 Å². The fourth-order valence-corrected chi connectivity index (χ4v) is 8.45. The first-order valence-corrected chi connectivity index (χ1v) is 20.4. The van der Waals surface area contributed by atoms with Crippen molar-refractivity contribution < 1.29 is 42.5 Å². The highest BCUT2D eigenvalue weighted by atomic mass is 35.5. The molecule has 3 amide bonds. The summed E-state index contributed by atoms with van der Waals surface area (Å²) in [6.07, 6.45) is 2.47. The van der Waals surface area contributed by atoms with Crippen LogP contribution in [0.15, 0.2) is 42.1 Å². The number of piperazine rings is 1. The van der Waals surface area contributed by atoms with E-state index in [1.54, 1.807) is 64.6 Å². The van der Waals surface area contributed by atoms with Gasteiger partial charge >= 0.3 is 12.2 Å². The molecule has 308 valence electrons. The van der Waals surface area contributed by atoms with Gasteiger partial charge in [0, 0.05) is 37.4 Å². The van der Waals surface area contributed by atoms with Crippen LogP contribution in [0.25, 0.3) is 5.57 Å². The lowest BCUT2D eigenvalue weighted by Gasteiger charge is -2.51. The van der Waals surface area contributed by atoms with Gasteiger partial charge in [-0.15, -0.1) is 0 Å².